The van der Waals surface area contributed by atoms with Crippen molar-refractivity contribution in [3.05, 3.63) is 42.1 Å². The van der Waals surface area contributed by atoms with E-state index in [0.717, 1.165) is 11.3 Å². The molecule has 0 aliphatic rings. The van der Waals surface area contributed by atoms with E-state index in [1.54, 1.807) is 38.2 Å². The highest BCUT2D eigenvalue weighted by molar-refractivity contribution is 6.06. The maximum Gasteiger partial charge on any atom is 0.252 e. The molecule has 7 nitrogen and oxygen atoms in total. The summed E-state index contributed by atoms with van der Waals surface area (Å²) in [4.78, 5) is 17.3. The number of ether oxygens (including phenoxy) is 2. The van der Waals surface area contributed by atoms with Crippen LogP contribution in [-0.4, -0.2) is 48.0 Å². The Balaban J connectivity index is 2.08. The minimum atomic E-state index is -0.179. The van der Waals surface area contributed by atoms with Crippen molar-refractivity contribution in [2.75, 3.05) is 27.4 Å². The van der Waals surface area contributed by atoms with E-state index in [1.807, 2.05) is 24.3 Å². The Hall–Kier alpha value is -2.93. The van der Waals surface area contributed by atoms with Crippen LogP contribution in [0.4, 0.5) is 0 Å². The van der Waals surface area contributed by atoms with Crippen LogP contribution in [0.1, 0.15) is 10.4 Å². The molecule has 0 saturated heterocycles. The Morgan fingerprint density at radius 3 is 2.88 bits per heavy atom. The van der Waals surface area contributed by atoms with Crippen LogP contribution in [0, 0.1) is 0 Å². The van der Waals surface area contributed by atoms with Gasteiger partial charge in [0.15, 0.2) is 5.65 Å². The van der Waals surface area contributed by atoms with Crippen molar-refractivity contribution in [3.8, 4) is 17.0 Å². The summed E-state index contributed by atoms with van der Waals surface area (Å²) in [5.41, 5.74) is 2.74. The molecule has 0 radical (unpaired) electrons. The highest BCUT2D eigenvalue weighted by Gasteiger charge is 2.16. The topological polar surface area (TPSA) is 78.3 Å². The van der Waals surface area contributed by atoms with Gasteiger partial charge in [-0.1, -0.05) is 12.1 Å². The summed E-state index contributed by atoms with van der Waals surface area (Å²) in [6.45, 7) is 0.893. The first kappa shape index (κ1) is 16.9. The normalized spacial score (nSPS) is 10.8. The van der Waals surface area contributed by atoms with Crippen molar-refractivity contribution in [2.45, 2.75) is 0 Å². The number of amides is 1. The SMILES string of the molecule is COCCNC(=O)c1cc(-c2cccc(OC)c2)nc2c1cnn2C. The van der Waals surface area contributed by atoms with Crippen molar-refractivity contribution in [1.29, 1.82) is 0 Å². The maximum atomic E-state index is 12.6. The zero-order valence-electron chi connectivity index (χ0n) is 14.4. The van der Waals surface area contributed by atoms with Gasteiger partial charge in [-0.05, 0) is 18.2 Å². The number of aromatic nitrogens is 3. The fourth-order valence-electron chi connectivity index (χ4n) is 2.59. The lowest BCUT2D eigenvalue weighted by Crippen LogP contribution is -2.27. The van der Waals surface area contributed by atoms with Gasteiger partial charge in [0, 0.05) is 26.3 Å². The van der Waals surface area contributed by atoms with Crippen LogP contribution in [0.3, 0.4) is 0 Å². The number of carbonyl (C=O) groups is 1. The summed E-state index contributed by atoms with van der Waals surface area (Å²) >= 11 is 0. The summed E-state index contributed by atoms with van der Waals surface area (Å²) in [7, 11) is 5.02. The Kier molecular flexibility index (Phi) is 4.95. The van der Waals surface area contributed by atoms with Crippen molar-refractivity contribution in [1.82, 2.24) is 20.1 Å². The van der Waals surface area contributed by atoms with Crippen molar-refractivity contribution >= 4 is 16.9 Å². The van der Waals surface area contributed by atoms with Crippen LogP contribution in [-0.2, 0) is 11.8 Å². The lowest BCUT2D eigenvalue weighted by molar-refractivity contribution is 0.0938. The van der Waals surface area contributed by atoms with Gasteiger partial charge in [-0.3, -0.25) is 9.48 Å². The minimum absolute atomic E-state index is 0.179. The van der Waals surface area contributed by atoms with Crippen LogP contribution < -0.4 is 10.1 Å². The molecule has 3 aromatic rings. The van der Waals surface area contributed by atoms with Crippen LogP contribution in [0.2, 0.25) is 0 Å². The molecule has 0 aliphatic carbocycles. The van der Waals surface area contributed by atoms with E-state index in [2.05, 4.69) is 15.4 Å². The van der Waals surface area contributed by atoms with Gasteiger partial charge < -0.3 is 14.8 Å². The quantitative estimate of drug-likeness (QED) is 0.695. The van der Waals surface area contributed by atoms with Gasteiger partial charge in [0.05, 0.1) is 36.6 Å². The fraction of sp³-hybridized carbons (Fsp3) is 0.278. The van der Waals surface area contributed by atoms with Crippen molar-refractivity contribution in [2.24, 2.45) is 7.05 Å². The average Bonchev–Trinajstić information content (AvgIpc) is 3.02. The summed E-state index contributed by atoms with van der Waals surface area (Å²) in [6, 6.07) is 9.35. The molecule has 3 rings (SSSR count). The molecule has 2 aromatic heterocycles. The van der Waals surface area contributed by atoms with Gasteiger partial charge in [0.2, 0.25) is 0 Å². The molecule has 2 heterocycles. The largest absolute Gasteiger partial charge is 0.497 e. The fourth-order valence-corrected chi connectivity index (χ4v) is 2.59. The Bertz CT molecular complexity index is 904. The van der Waals surface area contributed by atoms with E-state index in [9.17, 15) is 4.79 Å². The minimum Gasteiger partial charge on any atom is -0.497 e. The van der Waals surface area contributed by atoms with Gasteiger partial charge in [0.25, 0.3) is 5.91 Å². The molecule has 1 aromatic carbocycles. The summed E-state index contributed by atoms with van der Waals surface area (Å²) in [6.07, 6.45) is 1.66. The van der Waals surface area contributed by atoms with Crippen molar-refractivity contribution < 1.29 is 14.3 Å². The number of aryl methyl sites for hydroxylation is 1. The number of hydrogen-bond donors (Lipinski definition) is 1. The zero-order chi connectivity index (χ0) is 17.8. The first-order valence-corrected chi connectivity index (χ1v) is 7.88. The molecule has 0 aliphatic heterocycles. The van der Waals surface area contributed by atoms with Gasteiger partial charge in [-0.2, -0.15) is 5.10 Å². The monoisotopic (exact) mass is 340 g/mol. The Morgan fingerprint density at radius 2 is 2.12 bits per heavy atom. The second-order valence-corrected chi connectivity index (χ2v) is 5.54. The van der Waals surface area contributed by atoms with Gasteiger partial charge in [-0.15, -0.1) is 0 Å². The number of rotatable bonds is 6. The molecule has 0 unspecified atom stereocenters. The van der Waals surface area contributed by atoms with Crippen LogP contribution >= 0.6 is 0 Å². The first-order valence-electron chi connectivity index (χ1n) is 7.88. The van der Waals surface area contributed by atoms with Crippen LogP contribution in [0.5, 0.6) is 5.75 Å². The molecule has 1 amide bonds. The van der Waals surface area contributed by atoms with Gasteiger partial charge >= 0.3 is 0 Å². The van der Waals surface area contributed by atoms with Crippen LogP contribution in [0.25, 0.3) is 22.3 Å². The molecule has 0 bridgehead atoms. The van der Waals surface area contributed by atoms with E-state index >= 15 is 0 Å². The molecule has 25 heavy (non-hydrogen) atoms. The van der Waals surface area contributed by atoms with Crippen LogP contribution in [0.15, 0.2) is 36.5 Å². The predicted molar refractivity (Wildman–Crippen MR) is 94.7 cm³/mol. The number of fused-ring (bicyclic) bond motifs is 1. The summed E-state index contributed by atoms with van der Waals surface area (Å²) < 4.78 is 11.9. The third kappa shape index (κ3) is 3.46. The van der Waals surface area contributed by atoms with E-state index in [1.165, 1.54) is 0 Å². The van der Waals surface area contributed by atoms with Crippen molar-refractivity contribution in [3.63, 3.8) is 0 Å². The summed E-state index contributed by atoms with van der Waals surface area (Å²) in [5, 5.41) is 7.79. The molecule has 7 heteroatoms. The van der Waals surface area contributed by atoms with E-state index in [0.29, 0.717) is 35.4 Å². The highest BCUT2D eigenvalue weighted by Crippen LogP contribution is 2.27. The number of pyridine rings is 1. The second-order valence-electron chi connectivity index (χ2n) is 5.54. The van der Waals surface area contributed by atoms with Gasteiger partial charge in [0.1, 0.15) is 5.75 Å². The third-order valence-electron chi connectivity index (χ3n) is 3.91. The number of benzene rings is 1. The Morgan fingerprint density at radius 1 is 1.28 bits per heavy atom. The average molecular weight is 340 g/mol. The molecule has 0 saturated carbocycles. The van der Waals surface area contributed by atoms with Gasteiger partial charge in [-0.25, -0.2) is 4.98 Å². The molecule has 1 N–H and O–H groups in total. The highest BCUT2D eigenvalue weighted by atomic mass is 16.5. The molecular weight excluding hydrogens is 320 g/mol. The van der Waals surface area contributed by atoms with E-state index < -0.39 is 0 Å². The van der Waals surface area contributed by atoms with E-state index in [-0.39, 0.29) is 5.91 Å². The third-order valence-corrected chi connectivity index (χ3v) is 3.91. The standard InChI is InChI=1S/C18H20N4O3/c1-22-17-15(11-20-22)14(18(23)19-7-8-24-2)10-16(21-17)12-5-4-6-13(9-12)25-3/h4-6,9-11H,7-8H2,1-3H3,(H,19,23). The number of nitrogens with one attached hydrogen (secondary N) is 1. The zero-order valence-corrected chi connectivity index (χ0v) is 14.4. The number of methoxy groups -OCH3 is 2. The summed E-state index contributed by atoms with van der Waals surface area (Å²) in [5.74, 6) is 0.553. The predicted octanol–water partition coefficient (Wildman–Crippen LogP) is 2.02. The molecule has 0 atom stereocenters. The number of carbonyl (C=O) groups excluding carboxylic acids is 1. The second kappa shape index (κ2) is 7.31. The lowest BCUT2D eigenvalue weighted by atomic mass is 10.1. The lowest BCUT2D eigenvalue weighted by Gasteiger charge is -2.09. The smallest absolute Gasteiger partial charge is 0.252 e. The molecule has 130 valence electrons. The first-order chi connectivity index (χ1) is 12.1. The number of nitrogens with zero attached hydrogens (tertiary/aromatic N) is 3. The Labute approximate surface area is 145 Å². The molecule has 0 spiro atoms. The molecule has 0 fully saturated rings. The van der Waals surface area contributed by atoms with E-state index in [4.69, 9.17) is 9.47 Å². The maximum absolute atomic E-state index is 12.6. The molecular formula is C18H20N4O3. The number of hydrogen-bond acceptors (Lipinski definition) is 5.